The molecule has 0 fully saturated rings. The molecule has 0 saturated carbocycles. The summed E-state index contributed by atoms with van der Waals surface area (Å²) in [5.74, 6) is 0.152. The molecule has 0 aromatic heterocycles. The van der Waals surface area contributed by atoms with Crippen LogP contribution in [0.25, 0.3) is 0 Å². The van der Waals surface area contributed by atoms with Gasteiger partial charge in [0.05, 0.1) is 17.2 Å². The Hall–Kier alpha value is -8.62. The monoisotopic (exact) mass is 1010 g/mol. The number of aliphatic hydroxyl groups excluding tert-OH is 1. The third-order valence-electron chi connectivity index (χ3n) is 12.0. The number of hydrogen-bond acceptors (Lipinski definition) is 10. The molecule has 7 aromatic carbocycles. The molecule has 2 atom stereocenters. The number of alkyl carbamates (subject to hydrolysis) is 1. The molecular weight excluding hydrogens is 949 g/mol. The van der Waals surface area contributed by atoms with Gasteiger partial charge in [-0.3, -0.25) is 14.4 Å². The molecule has 0 aliphatic heterocycles. The highest BCUT2D eigenvalue weighted by molar-refractivity contribution is 5.98. The highest BCUT2D eigenvalue weighted by atomic mass is 16.5. The van der Waals surface area contributed by atoms with Gasteiger partial charge in [-0.2, -0.15) is 0 Å². The van der Waals surface area contributed by atoms with E-state index in [0.717, 1.165) is 27.8 Å². The van der Waals surface area contributed by atoms with E-state index in [0.29, 0.717) is 47.8 Å². The minimum atomic E-state index is -1.34. The van der Waals surface area contributed by atoms with Crippen LogP contribution < -0.4 is 34.9 Å². The molecule has 75 heavy (non-hydrogen) atoms. The number of amides is 4. The summed E-state index contributed by atoms with van der Waals surface area (Å²) in [6.45, 7) is 3.14. The number of nitrogens with one attached hydrogen (secondary N) is 3. The summed E-state index contributed by atoms with van der Waals surface area (Å²) >= 11 is 0. The van der Waals surface area contributed by atoms with Crippen LogP contribution in [0.4, 0.5) is 4.79 Å². The number of benzene rings is 7. The Morgan fingerprint density at radius 1 is 0.453 bits per heavy atom. The van der Waals surface area contributed by atoms with Crippen molar-refractivity contribution in [2.45, 2.75) is 71.4 Å². The summed E-state index contributed by atoms with van der Waals surface area (Å²) in [5.41, 5.74) is 5.09. The number of nitrogens with zero attached hydrogens (tertiary/aromatic N) is 1. The average Bonchev–Trinajstić information content (AvgIpc) is 3.45. The maximum Gasteiger partial charge on any atom is 0.408 e. The molecule has 0 heterocycles. The Morgan fingerprint density at radius 3 is 1.24 bits per heavy atom. The van der Waals surface area contributed by atoms with Crippen LogP contribution >= 0.6 is 0 Å². The summed E-state index contributed by atoms with van der Waals surface area (Å²) in [7, 11) is 0. The molecule has 0 unspecified atom stereocenters. The van der Waals surface area contributed by atoms with Crippen molar-refractivity contribution in [1.82, 2.24) is 20.9 Å². The third kappa shape index (κ3) is 17.3. The molecule has 14 heteroatoms. The minimum absolute atomic E-state index is 0.0325. The van der Waals surface area contributed by atoms with Gasteiger partial charge in [-0.25, -0.2) is 4.79 Å². The van der Waals surface area contributed by atoms with Crippen LogP contribution in [0.15, 0.2) is 188 Å². The number of carbonyl (C=O) groups is 4. The van der Waals surface area contributed by atoms with Gasteiger partial charge in [-0.15, -0.1) is 0 Å². The quantitative estimate of drug-likeness (QED) is 0.0346. The standard InChI is InChI=1S/C61H64N4O10/c1-45(66)55(64-61(70)75-44-50-30-15-6-16-31-50)60(69)65(39-21-37-63-59(68)52-33-20-35-54(72-41-47-24-9-3-10-25-47)57(52)74-43-49-28-13-5-14-29-49)38-18-17-36-62-58(67)51-32-19-34-53(71-40-46-22-7-2-8-23-46)56(51)73-42-48-26-11-4-12-27-48/h2-16,19-20,22-35,45,55,66H,17-18,21,36-44H2,1H3,(H,62,67)(H,63,68)(H,64,70)/t45-,55+/m1/s1. The Balaban J connectivity index is 0.998. The predicted octanol–water partition coefficient (Wildman–Crippen LogP) is 9.84. The molecule has 7 aromatic rings. The summed E-state index contributed by atoms with van der Waals surface area (Å²) in [5, 5.41) is 19.4. The zero-order chi connectivity index (χ0) is 52.5. The maximum atomic E-state index is 14.3. The topological polar surface area (TPSA) is 174 Å². The molecule has 14 nitrogen and oxygen atoms in total. The van der Waals surface area contributed by atoms with Crippen molar-refractivity contribution < 1.29 is 48.0 Å². The molecule has 388 valence electrons. The number of para-hydroxylation sites is 2. The summed E-state index contributed by atoms with van der Waals surface area (Å²) < 4.78 is 30.4. The second-order valence-electron chi connectivity index (χ2n) is 17.7. The van der Waals surface area contributed by atoms with Gasteiger partial charge in [0, 0.05) is 26.2 Å². The zero-order valence-corrected chi connectivity index (χ0v) is 42.1. The summed E-state index contributed by atoms with van der Waals surface area (Å²) in [4.78, 5) is 56.6. The van der Waals surface area contributed by atoms with Gasteiger partial charge < -0.3 is 49.6 Å². The molecule has 0 radical (unpaired) electrons. The lowest BCUT2D eigenvalue weighted by Crippen LogP contribution is -2.54. The average molecular weight is 1010 g/mol. The third-order valence-corrected chi connectivity index (χ3v) is 12.0. The SMILES string of the molecule is C[C@@H](O)[C@H](NC(=O)OCc1ccccc1)C(=O)N(CCCCNC(=O)c1cccc(OCc2ccccc2)c1OCc1ccccc1)CCCNC(=O)c1cccc(OCc2ccccc2)c1OCc1ccccc1. The van der Waals surface area contributed by atoms with Crippen LogP contribution in [0.2, 0.25) is 0 Å². The number of ether oxygens (including phenoxy) is 5. The van der Waals surface area contributed by atoms with Crippen molar-refractivity contribution in [2.75, 3.05) is 26.2 Å². The molecule has 0 saturated heterocycles. The number of aliphatic hydroxyl groups is 1. The van der Waals surface area contributed by atoms with Crippen LogP contribution in [0.1, 0.15) is 74.7 Å². The predicted molar refractivity (Wildman–Crippen MR) is 286 cm³/mol. The highest BCUT2D eigenvalue weighted by Gasteiger charge is 2.30. The second kappa shape index (κ2) is 29.2. The van der Waals surface area contributed by atoms with Gasteiger partial charge in [0.2, 0.25) is 5.91 Å². The van der Waals surface area contributed by atoms with Crippen molar-refractivity contribution in [3.63, 3.8) is 0 Å². The first kappa shape index (κ1) is 54.2. The van der Waals surface area contributed by atoms with Crippen LogP contribution in [-0.2, 0) is 42.6 Å². The second-order valence-corrected chi connectivity index (χ2v) is 17.7. The van der Waals surface area contributed by atoms with E-state index in [2.05, 4.69) is 16.0 Å². The molecule has 0 aliphatic rings. The lowest BCUT2D eigenvalue weighted by atomic mass is 10.1. The number of carbonyl (C=O) groups excluding carboxylic acids is 4. The molecular formula is C61H64N4O10. The number of hydrogen-bond donors (Lipinski definition) is 4. The summed E-state index contributed by atoms with van der Waals surface area (Å²) in [6, 6.07) is 56.8. The van der Waals surface area contributed by atoms with Crippen LogP contribution in [-0.4, -0.2) is 72.1 Å². The molecule has 4 amide bonds. The van der Waals surface area contributed by atoms with E-state index in [-0.39, 0.29) is 70.7 Å². The highest BCUT2D eigenvalue weighted by Crippen LogP contribution is 2.34. The first-order chi connectivity index (χ1) is 36.7. The van der Waals surface area contributed by atoms with Gasteiger partial charge in [-0.1, -0.05) is 164 Å². The Kier molecular flexibility index (Phi) is 21.1. The van der Waals surface area contributed by atoms with E-state index in [1.807, 2.05) is 140 Å². The van der Waals surface area contributed by atoms with E-state index in [9.17, 15) is 24.3 Å². The molecule has 0 aliphatic carbocycles. The fourth-order valence-corrected chi connectivity index (χ4v) is 7.95. The smallest absolute Gasteiger partial charge is 0.408 e. The van der Waals surface area contributed by atoms with Crippen LogP contribution in [0.3, 0.4) is 0 Å². The van der Waals surface area contributed by atoms with Crippen molar-refractivity contribution in [3.05, 3.63) is 227 Å². The van der Waals surface area contributed by atoms with Gasteiger partial charge in [-0.05, 0) is 78.3 Å². The van der Waals surface area contributed by atoms with Gasteiger partial charge >= 0.3 is 6.09 Å². The van der Waals surface area contributed by atoms with Gasteiger partial charge in [0.1, 0.15) is 39.1 Å². The van der Waals surface area contributed by atoms with Crippen molar-refractivity contribution in [2.24, 2.45) is 0 Å². The fourth-order valence-electron chi connectivity index (χ4n) is 7.95. The van der Waals surface area contributed by atoms with E-state index < -0.39 is 30.1 Å². The molecule has 7 rings (SSSR count). The molecule has 0 bridgehead atoms. The van der Waals surface area contributed by atoms with E-state index in [1.54, 1.807) is 53.4 Å². The van der Waals surface area contributed by atoms with Gasteiger partial charge in [0.15, 0.2) is 23.0 Å². The Bertz CT molecular complexity index is 2860. The van der Waals surface area contributed by atoms with Crippen molar-refractivity contribution >= 4 is 23.8 Å². The summed E-state index contributed by atoms with van der Waals surface area (Å²) in [6.07, 6.45) is -0.914. The first-order valence-electron chi connectivity index (χ1n) is 25.1. The molecule has 4 N–H and O–H groups in total. The van der Waals surface area contributed by atoms with E-state index in [1.165, 1.54) is 6.92 Å². The maximum absolute atomic E-state index is 14.3. The lowest BCUT2D eigenvalue weighted by molar-refractivity contribution is -0.136. The fraction of sp³-hybridized carbons (Fsp3) is 0.246. The largest absolute Gasteiger partial charge is 0.485 e. The lowest BCUT2D eigenvalue weighted by Gasteiger charge is -2.29. The Labute approximate surface area is 438 Å². The van der Waals surface area contributed by atoms with Crippen LogP contribution in [0.5, 0.6) is 23.0 Å². The van der Waals surface area contributed by atoms with E-state index >= 15 is 0 Å². The molecule has 0 spiro atoms. The van der Waals surface area contributed by atoms with Crippen molar-refractivity contribution in [3.8, 4) is 23.0 Å². The van der Waals surface area contributed by atoms with Crippen LogP contribution in [0, 0.1) is 0 Å². The minimum Gasteiger partial charge on any atom is -0.485 e. The Morgan fingerprint density at radius 2 is 0.827 bits per heavy atom. The number of unbranched alkanes of at least 4 members (excludes halogenated alkanes) is 1. The van der Waals surface area contributed by atoms with E-state index in [4.69, 9.17) is 23.7 Å². The first-order valence-corrected chi connectivity index (χ1v) is 25.1. The van der Waals surface area contributed by atoms with Gasteiger partial charge in [0.25, 0.3) is 11.8 Å². The zero-order valence-electron chi connectivity index (χ0n) is 42.1. The van der Waals surface area contributed by atoms with Crippen molar-refractivity contribution in [1.29, 1.82) is 0 Å². The number of rotatable bonds is 28. The normalized spacial score (nSPS) is 11.5.